The summed E-state index contributed by atoms with van der Waals surface area (Å²) in [4.78, 5) is 12.1. The van der Waals surface area contributed by atoms with Gasteiger partial charge in [-0.1, -0.05) is 11.6 Å². The fourth-order valence-electron chi connectivity index (χ4n) is 1.70. The van der Waals surface area contributed by atoms with Crippen LogP contribution in [-0.2, 0) is 0 Å². The van der Waals surface area contributed by atoms with E-state index in [2.05, 4.69) is 5.32 Å². The van der Waals surface area contributed by atoms with Crippen LogP contribution in [0.3, 0.4) is 0 Å². The van der Waals surface area contributed by atoms with E-state index in [0.29, 0.717) is 27.4 Å². The first-order valence-corrected chi connectivity index (χ1v) is 6.16. The molecule has 0 spiro atoms. The van der Waals surface area contributed by atoms with Crippen molar-refractivity contribution in [3.05, 3.63) is 63.9 Å². The van der Waals surface area contributed by atoms with Gasteiger partial charge in [-0.05, 0) is 48.9 Å². The number of benzene rings is 2. The summed E-state index contributed by atoms with van der Waals surface area (Å²) in [6.07, 6.45) is 0. The Kier molecular flexibility index (Phi) is 4.02. The van der Waals surface area contributed by atoms with Crippen LogP contribution >= 0.6 is 11.6 Å². The Labute approximate surface area is 120 Å². The number of hydrogen-bond acceptors (Lipinski definition) is 2. The van der Waals surface area contributed by atoms with Gasteiger partial charge >= 0.3 is 0 Å². The van der Waals surface area contributed by atoms with E-state index in [4.69, 9.17) is 16.9 Å². The highest BCUT2D eigenvalue weighted by Crippen LogP contribution is 2.21. The molecule has 0 unspecified atom stereocenters. The van der Waals surface area contributed by atoms with Crippen LogP contribution in [0.1, 0.15) is 21.5 Å². The molecule has 1 amide bonds. The minimum atomic E-state index is -0.424. The Morgan fingerprint density at radius 3 is 2.70 bits per heavy atom. The molecule has 0 aromatic heterocycles. The lowest BCUT2D eigenvalue weighted by atomic mass is 10.1. The number of rotatable bonds is 2. The van der Waals surface area contributed by atoms with Gasteiger partial charge in [-0.25, -0.2) is 4.39 Å². The molecule has 2 rings (SSSR count). The molecule has 1 N–H and O–H groups in total. The fraction of sp³-hybridized carbons (Fsp3) is 0.0667. The number of hydrogen-bond donors (Lipinski definition) is 1. The molecule has 0 aliphatic rings. The van der Waals surface area contributed by atoms with E-state index in [1.807, 2.05) is 6.07 Å². The Balaban J connectivity index is 2.30. The summed E-state index contributed by atoms with van der Waals surface area (Å²) in [6.45, 7) is 1.58. The average molecular weight is 289 g/mol. The van der Waals surface area contributed by atoms with Crippen LogP contribution < -0.4 is 5.32 Å². The van der Waals surface area contributed by atoms with Gasteiger partial charge in [0.15, 0.2) is 0 Å². The zero-order valence-electron chi connectivity index (χ0n) is 10.6. The third-order valence-corrected chi connectivity index (χ3v) is 3.01. The van der Waals surface area contributed by atoms with Crippen LogP contribution in [0.2, 0.25) is 5.02 Å². The van der Waals surface area contributed by atoms with Gasteiger partial charge in [-0.3, -0.25) is 4.79 Å². The first kappa shape index (κ1) is 14.0. The molecule has 0 saturated heterocycles. The Morgan fingerprint density at radius 2 is 2.05 bits per heavy atom. The quantitative estimate of drug-likeness (QED) is 0.911. The number of anilines is 1. The normalized spacial score (nSPS) is 9.90. The van der Waals surface area contributed by atoms with Gasteiger partial charge in [0.2, 0.25) is 0 Å². The first-order chi connectivity index (χ1) is 9.51. The van der Waals surface area contributed by atoms with Crippen molar-refractivity contribution in [2.24, 2.45) is 0 Å². The minimum Gasteiger partial charge on any atom is -0.321 e. The third-order valence-electron chi connectivity index (χ3n) is 2.77. The molecule has 0 heterocycles. The number of nitriles is 1. The van der Waals surface area contributed by atoms with Crippen LogP contribution in [0.4, 0.5) is 10.1 Å². The molecule has 0 bridgehead atoms. The van der Waals surface area contributed by atoms with E-state index in [1.54, 1.807) is 13.0 Å². The van der Waals surface area contributed by atoms with Gasteiger partial charge in [-0.15, -0.1) is 0 Å². The van der Waals surface area contributed by atoms with Gasteiger partial charge in [-0.2, -0.15) is 5.26 Å². The second-order valence-corrected chi connectivity index (χ2v) is 4.66. The number of carbonyl (C=O) groups excluding carboxylic acids is 1. The largest absolute Gasteiger partial charge is 0.321 e. The van der Waals surface area contributed by atoms with Crippen molar-refractivity contribution in [3.8, 4) is 6.07 Å². The summed E-state index contributed by atoms with van der Waals surface area (Å²) in [5.41, 5.74) is 1.32. The van der Waals surface area contributed by atoms with Gasteiger partial charge in [0.1, 0.15) is 11.9 Å². The Hall–Kier alpha value is -2.38. The Bertz CT molecular complexity index is 722. The third kappa shape index (κ3) is 2.95. The second-order valence-electron chi connectivity index (χ2n) is 4.22. The summed E-state index contributed by atoms with van der Waals surface area (Å²) in [7, 11) is 0. The maximum atomic E-state index is 13.2. The standard InChI is InChI=1S/C15H10ClFN2O/c1-9-6-10(3-5-13(9)17)15(20)19-14-7-12(16)4-2-11(14)8-18/h2-7H,1H3,(H,19,20). The smallest absolute Gasteiger partial charge is 0.255 e. The summed E-state index contributed by atoms with van der Waals surface area (Å²) < 4.78 is 13.2. The van der Waals surface area contributed by atoms with Crippen LogP contribution in [0.5, 0.6) is 0 Å². The fourth-order valence-corrected chi connectivity index (χ4v) is 1.87. The van der Waals surface area contributed by atoms with Gasteiger partial charge < -0.3 is 5.32 Å². The maximum absolute atomic E-state index is 13.2. The van der Waals surface area contributed by atoms with Crippen LogP contribution in [0.15, 0.2) is 36.4 Å². The number of amides is 1. The second kappa shape index (κ2) is 5.72. The average Bonchev–Trinajstić information content (AvgIpc) is 2.42. The van der Waals surface area contributed by atoms with E-state index in [0.717, 1.165) is 0 Å². The maximum Gasteiger partial charge on any atom is 0.255 e. The minimum absolute atomic E-state index is 0.307. The van der Waals surface area contributed by atoms with Crippen molar-refractivity contribution in [1.82, 2.24) is 0 Å². The SMILES string of the molecule is Cc1cc(C(=O)Nc2cc(Cl)ccc2C#N)ccc1F. The first-order valence-electron chi connectivity index (χ1n) is 5.78. The predicted octanol–water partition coefficient (Wildman–Crippen LogP) is 3.91. The molecule has 0 aliphatic heterocycles. The van der Waals surface area contributed by atoms with Crippen LogP contribution in [-0.4, -0.2) is 5.91 Å². The molecule has 0 aliphatic carbocycles. The number of aryl methyl sites for hydroxylation is 1. The van der Waals surface area contributed by atoms with Crippen molar-refractivity contribution < 1.29 is 9.18 Å². The number of nitrogens with zero attached hydrogens (tertiary/aromatic N) is 1. The number of carbonyl (C=O) groups is 1. The van der Waals surface area contributed by atoms with Crippen molar-refractivity contribution in [2.45, 2.75) is 6.92 Å². The molecule has 0 saturated carbocycles. The highest BCUT2D eigenvalue weighted by molar-refractivity contribution is 6.31. The molecular formula is C15H10ClFN2O. The van der Waals surface area contributed by atoms with Gasteiger partial charge in [0, 0.05) is 10.6 Å². The van der Waals surface area contributed by atoms with Crippen LogP contribution in [0, 0.1) is 24.1 Å². The predicted molar refractivity (Wildman–Crippen MR) is 75.3 cm³/mol. The highest BCUT2D eigenvalue weighted by atomic mass is 35.5. The lowest BCUT2D eigenvalue weighted by Crippen LogP contribution is -2.13. The molecule has 3 nitrogen and oxygen atoms in total. The van der Waals surface area contributed by atoms with E-state index >= 15 is 0 Å². The van der Waals surface area contributed by atoms with Crippen molar-refractivity contribution in [3.63, 3.8) is 0 Å². The summed E-state index contributed by atoms with van der Waals surface area (Å²) >= 11 is 5.84. The van der Waals surface area contributed by atoms with E-state index in [1.165, 1.54) is 30.3 Å². The van der Waals surface area contributed by atoms with Gasteiger partial charge in [0.05, 0.1) is 11.3 Å². The highest BCUT2D eigenvalue weighted by Gasteiger charge is 2.11. The molecule has 5 heteroatoms. The molecule has 2 aromatic carbocycles. The molecule has 2 aromatic rings. The molecule has 20 heavy (non-hydrogen) atoms. The molecular weight excluding hydrogens is 279 g/mol. The Morgan fingerprint density at radius 1 is 1.30 bits per heavy atom. The van der Waals surface area contributed by atoms with Crippen molar-refractivity contribution in [1.29, 1.82) is 5.26 Å². The molecule has 100 valence electrons. The van der Waals surface area contributed by atoms with Gasteiger partial charge in [0.25, 0.3) is 5.91 Å². The van der Waals surface area contributed by atoms with E-state index in [-0.39, 0.29) is 5.82 Å². The zero-order valence-corrected chi connectivity index (χ0v) is 11.3. The summed E-state index contributed by atoms with van der Waals surface area (Å²) in [5, 5.41) is 12.0. The van der Waals surface area contributed by atoms with E-state index in [9.17, 15) is 9.18 Å². The zero-order chi connectivity index (χ0) is 14.7. The number of nitrogens with one attached hydrogen (secondary N) is 1. The monoisotopic (exact) mass is 288 g/mol. The molecule has 0 atom stereocenters. The molecule has 0 radical (unpaired) electrons. The molecule has 0 fully saturated rings. The lowest BCUT2D eigenvalue weighted by molar-refractivity contribution is 0.102. The number of halogens is 2. The van der Waals surface area contributed by atoms with Crippen molar-refractivity contribution >= 4 is 23.2 Å². The van der Waals surface area contributed by atoms with Crippen LogP contribution in [0.25, 0.3) is 0 Å². The summed E-state index contributed by atoms with van der Waals surface area (Å²) in [5.74, 6) is -0.797. The van der Waals surface area contributed by atoms with E-state index < -0.39 is 5.91 Å². The lowest BCUT2D eigenvalue weighted by Gasteiger charge is -2.08. The van der Waals surface area contributed by atoms with Crippen molar-refractivity contribution in [2.75, 3.05) is 5.32 Å². The topological polar surface area (TPSA) is 52.9 Å². The summed E-state index contributed by atoms with van der Waals surface area (Å²) in [6, 6.07) is 10.6.